The van der Waals surface area contributed by atoms with E-state index >= 15 is 0 Å². The van der Waals surface area contributed by atoms with Gasteiger partial charge in [-0.1, -0.05) is 0 Å². The van der Waals surface area contributed by atoms with E-state index in [1.807, 2.05) is 25.1 Å². The SMILES string of the molecule is Cc1c2cc(-n3ccc(OCc4nc(C(F)(F)F)cs4)cc3=O)ccc2nn1C1CC1. The van der Waals surface area contributed by atoms with Crippen molar-refractivity contribution in [1.29, 1.82) is 0 Å². The molecule has 5 rings (SSSR count). The van der Waals surface area contributed by atoms with Crippen LogP contribution in [-0.4, -0.2) is 19.3 Å². The minimum Gasteiger partial charge on any atom is -0.486 e. The predicted octanol–water partition coefficient (Wildman–Crippen LogP) is 4.88. The fourth-order valence-corrected chi connectivity index (χ4v) is 4.17. The van der Waals surface area contributed by atoms with Gasteiger partial charge in [-0.05, 0) is 44.0 Å². The molecule has 4 aromatic rings. The van der Waals surface area contributed by atoms with Crippen molar-refractivity contribution in [2.75, 3.05) is 0 Å². The van der Waals surface area contributed by atoms with E-state index in [2.05, 4.69) is 14.8 Å². The molecule has 1 saturated carbocycles. The number of aromatic nitrogens is 4. The fraction of sp³-hybridized carbons (Fsp3) is 0.286. The Bertz CT molecular complexity index is 1330. The second kappa shape index (κ2) is 7.23. The number of nitrogens with zero attached hydrogens (tertiary/aromatic N) is 4. The Morgan fingerprint density at radius 1 is 1.23 bits per heavy atom. The number of fused-ring (bicyclic) bond motifs is 1. The van der Waals surface area contributed by atoms with Crippen LogP contribution in [0.3, 0.4) is 0 Å². The first-order valence-electron chi connectivity index (χ1n) is 9.66. The Morgan fingerprint density at radius 2 is 2.03 bits per heavy atom. The molecule has 160 valence electrons. The highest BCUT2D eigenvalue weighted by Gasteiger charge is 2.33. The van der Waals surface area contributed by atoms with E-state index in [0.717, 1.165) is 46.2 Å². The molecule has 0 saturated heterocycles. The van der Waals surface area contributed by atoms with Crippen molar-refractivity contribution in [3.05, 3.63) is 68.7 Å². The molecule has 1 aliphatic carbocycles. The molecule has 0 amide bonds. The number of thiazole rings is 1. The van der Waals surface area contributed by atoms with Gasteiger partial charge in [-0.25, -0.2) is 4.98 Å². The number of alkyl halides is 3. The van der Waals surface area contributed by atoms with E-state index in [1.165, 1.54) is 10.6 Å². The highest BCUT2D eigenvalue weighted by atomic mass is 32.1. The number of hydrogen-bond acceptors (Lipinski definition) is 5. The maximum Gasteiger partial charge on any atom is 0.434 e. The van der Waals surface area contributed by atoms with Crippen LogP contribution < -0.4 is 10.3 Å². The molecule has 0 spiro atoms. The monoisotopic (exact) mass is 446 g/mol. The summed E-state index contributed by atoms with van der Waals surface area (Å²) in [6, 6.07) is 9.05. The van der Waals surface area contributed by atoms with Crippen LogP contribution in [-0.2, 0) is 12.8 Å². The van der Waals surface area contributed by atoms with Crippen LogP contribution in [0.2, 0.25) is 0 Å². The van der Waals surface area contributed by atoms with Gasteiger partial charge in [0.1, 0.15) is 17.4 Å². The van der Waals surface area contributed by atoms with Crippen LogP contribution in [0.15, 0.2) is 46.7 Å². The summed E-state index contributed by atoms with van der Waals surface area (Å²) in [6.45, 7) is 1.88. The third kappa shape index (κ3) is 3.83. The summed E-state index contributed by atoms with van der Waals surface area (Å²) < 4.78 is 46.9. The molecule has 10 heteroatoms. The van der Waals surface area contributed by atoms with Crippen molar-refractivity contribution in [1.82, 2.24) is 19.3 Å². The molecule has 1 aliphatic rings. The molecular formula is C21H17F3N4O2S. The number of rotatable bonds is 5. The highest BCUT2D eigenvalue weighted by molar-refractivity contribution is 7.09. The van der Waals surface area contributed by atoms with Gasteiger partial charge in [-0.15, -0.1) is 11.3 Å². The topological polar surface area (TPSA) is 61.9 Å². The smallest absolute Gasteiger partial charge is 0.434 e. The van der Waals surface area contributed by atoms with E-state index in [0.29, 0.717) is 11.7 Å². The second-order valence-electron chi connectivity index (χ2n) is 7.45. The first-order valence-corrected chi connectivity index (χ1v) is 10.5. The van der Waals surface area contributed by atoms with Crippen LogP contribution in [0.1, 0.15) is 35.3 Å². The largest absolute Gasteiger partial charge is 0.486 e. The lowest BCUT2D eigenvalue weighted by Gasteiger charge is -2.08. The zero-order chi connectivity index (χ0) is 21.8. The summed E-state index contributed by atoms with van der Waals surface area (Å²) >= 11 is 0.863. The molecule has 0 bridgehead atoms. The van der Waals surface area contributed by atoms with Gasteiger partial charge in [0.2, 0.25) is 0 Å². The minimum atomic E-state index is -4.48. The number of hydrogen-bond donors (Lipinski definition) is 0. The Morgan fingerprint density at radius 3 is 2.71 bits per heavy atom. The maximum atomic E-state index is 12.6. The third-order valence-corrected chi connectivity index (χ3v) is 6.02. The predicted molar refractivity (Wildman–Crippen MR) is 110 cm³/mol. The van der Waals surface area contributed by atoms with Gasteiger partial charge in [0.15, 0.2) is 5.69 Å². The lowest BCUT2D eigenvalue weighted by molar-refractivity contribution is -0.140. The summed E-state index contributed by atoms with van der Waals surface area (Å²) in [6.07, 6.45) is -0.617. The van der Waals surface area contributed by atoms with Crippen LogP contribution >= 0.6 is 11.3 Å². The Labute approximate surface area is 178 Å². The van der Waals surface area contributed by atoms with Crippen LogP contribution in [0.4, 0.5) is 13.2 Å². The van der Waals surface area contributed by atoms with E-state index in [-0.39, 0.29) is 22.9 Å². The van der Waals surface area contributed by atoms with Gasteiger partial charge in [-0.2, -0.15) is 18.3 Å². The van der Waals surface area contributed by atoms with E-state index in [9.17, 15) is 18.0 Å². The number of halogens is 3. The lowest BCUT2D eigenvalue weighted by Crippen LogP contribution is -2.16. The van der Waals surface area contributed by atoms with Crippen molar-refractivity contribution >= 4 is 22.2 Å². The van der Waals surface area contributed by atoms with Crippen molar-refractivity contribution in [3.8, 4) is 11.4 Å². The van der Waals surface area contributed by atoms with Gasteiger partial charge in [0.05, 0.1) is 11.6 Å². The standard InChI is InChI=1S/C21H17F3N4O2S/c1-12-16-8-14(4-5-17(16)26-28(12)13-2-3-13)27-7-6-15(9-20(27)29)30-10-19-25-18(11-31-19)21(22,23)24/h4-9,11,13H,2-3,10H2,1H3. The van der Waals surface area contributed by atoms with Crippen molar-refractivity contribution in [3.63, 3.8) is 0 Å². The molecule has 6 nitrogen and oxygen atoms in total. The van der Waals surface area contributed by atoms with E-state index in [1.54, 1.807) is 12.3 Å². The first kappa shape index (κ1) is 19.8. The van der Waals surface area contributed by atoms with Gasteiger partial charge in [0, 0.05) is 34.4 Å². The molecular weight excluding hydrogens is 429 g/mol. The Hall–Kier alpha value is -3.14. The minimum absolute atomic E-state index is 0.143. The second-order valence-corrected chi connectivity index (χ2v) is 8.39. The Balaban J connectivity index is 1.36. The van der Waals surface area contributed by atoms with Gasteiger partial charge in [0.25, 0.3) is 5.56 Å². The van der Waals surface area contributed by atoms with E-state index < -0.39 is 11.9 Å². The number of ether oxygens (including phenoxy) is 1. The molecule has 0 atom stereocenters. The zero-order valence-corrected chi connectivity index (χ0v) is 17.2. The van der Waals surface area contributed by atoms with Crippen LogP contribution in [0, 0.1) is 6.92 Å². The van der Waals surface area contributed by atoms with Crippen LogP contribution in [0.25, 0.3) is 16.6 Å². The average molecular weight is 446 g/mol. The zero-order valence-electron chi connectivity index (χ0n) is 16.4. The summed E-state index contributed by atoms with van der Waals surface area (Å²) in [5.41, 5.74) is 1.43. The number of benzene rings is 1. The van der Waals surface area contributed by atoms with E-state index in [4.69, 9.17) is 4.74 Å². The molecule has 0 aliphatic heterocycles. The van der Waals surface area contributed by atoms with Crippen molar-refractivity contribution in [2.45, 2.75) is 38.6 Å². The maximum absolute atomic E-state index is 12.6. The Kier molecular flexibility index (Phi) is 4.62. The summed E-state index contributed by atoms with van der Waals surface area (Å²) in [5.74, 6) is 0.267. The number of aryl methyl sites for hydroxylation is 1. The molecule has 0 unspecified atom stereocenters. The summed E-state index contributed by atoms with van der Waals surface area (Å²) in [5, 5.41) is 6.78. The van der Waals surface area contributed by atoms with Gasteiger partial charge in [-0.3, -0.25) is 14.0 Å². The average Bonchev–Trinajstić information content (AvgIpc) is 3.35. The van der Waals surface area contributed by atoms with Crippen molar-refractivity contribution in [2.24, 2.45) is 0 Å². The van der Waals surface area contributed by atoms with Gasteiger partial charge >= 0.3 is 6.18 Å². The first-order chi connectivity index (χ1) is 14.8. The fourth-order valence-electron chi connectivity index (χ4n) is 3.46. The summed E-state index contributed by atoms with van der Waals surface area (Å²) in [7, 11) is 0. The molecule has 0 radical (unpaired) electrons. The third-order valence-electron chi connectivity index (χ3n) is 5.20. The number of pyridine rings is 1. The van der Waals surface area contributed by atoms with Gasteiger partial charge < -0.3 is 4.74 Å². The molecule has 1 fully saturated rings. The molecule has 31 heavy (non-hydrogen) atoms. The molecule has 0 N–H and O–H groups in total. The normalized spacial score (nSPS) is 14.3. The highest BCUT2D eigenvalue weighted by Crippen LogP contribution is 2.37. The molecule has 1 aromatic carbocycles. The molecule has 3 heterocycles. The summed E-state index contributed by atoms with van der Waals surface area (Å²) in [4.78, 5) is 16.1. The molecule has 3 aromatic heterocycles. The lowest BCUT2D eigenvalue weighted by atomic mass is 10.2. The van der Waals surface area contributed by atoms with Crippen molar-refractivity contribution < 1.29 is 17.9 Å². The quantitative estimate of drug-likeness (QED) is 0.438. The van der Waals surface area contributed by atoms with Crippen LogP contribution in [0.5, 0.6) is 5.75 Å².